The van der Waals surface area contributed by atoms with Gasteiger partial charge in [-0.1, -0.05) is 60.7 Å². The molecule has 5 heteroatoms. The molecule has 0 aromatic heterocycles. The number of likely N-dealkylation sites (tertiary alicyclic amines) is 2. The number of β-amino-alcohol motifs (C(OH)–C–C–N with tert-alkyl or cyclic N) is 1. The molecule has 0 unspecified atom stereocenters. The van der Waals surface area contributed by atoms with E-state index in [-0.39, 0.29) is 24.0 Å². The second-order valence-electron chi connectivity index (χ2n) is 9.11. The van der Waals surface area contributed by atoms with Gasteiger partial charge in [-0.15, -0.1) is 0 Å². The predicted molar refractivity (Wildman–Crippen MR) is 121 cm³/mol. The topological polar surface area (TPSA) is 53.0 Å². The Kier molecular flexibility index (Phi) is 6.75. The maximum Gasteiger partial charge on any atom is 0.302 e. The van der Waals surface area contributed by atoms with Crippen molar-refractivity contribution >= 4 is 5.97 Å². The molecule has 2 aliphatic rings. The van der Waals surface area contributed by atoms with E-state index in [1.165, 1.54) is 12.5 Å². The van der Waals surface area contributed by atoms with Crippen LogP contribution in [0.4, 0.5) is 0 Å². The van der Waals surface area contributed by atoms with Crippen LogP contribution in [0.3, 0.4) is 0 Å². The van der Waals surface area contributed by atoms with Crippen molar-refractivity contribution in [2.45, 2.75) is 44.4 Å². The Morgan fingerprint density at radius 1 is 1.10 bits per heavy atom. The number of esters is 1. The van der Waals surface area contributed by atoms with Crippen LogP contribution in [0.2, 0.25) is 0 Å². The second kappa shape index (κ2) is 9.51. The molecule has 2 heterocycles. The molecule has 0 spiro atoms. The van der Waals surface area contributed by atoms with Crippen molar-refractivity contribution in [2.24, 2.45) is 5.92 Å². The molecule has 0 bridgehead atoms. The Morgan fingerprint density at radius 3 is 2.32 bits per heavy atom. The van der Waals surface area contributed by atoms with E-state index in [1.807, 2.05) is 24.3 Å². The van der Waals surface area contributed by atoms with Crippen LogP contribution >= 0.6 is 0 Å². The molecule has 2 aromatic rings. The minimum absolute atomic E-state index is 0.0277. The van der Waals surface area contributed by atoms with Crippen molar-refractivity contribution in [1.82, 2.24) is 9.80 Å². The van der Waals surface area contributed by atoms with Crippen LogP contribution in [-0.4, -0.2) is 59.7 Å². The largest absolute Gasteiger partial charge is 0.462 e. The highest BCUT2D eigenvalue weighted by Crippen LogP contribution is 2.41. The molecule has 0 saturated carbocycles. The normalized spacial score (nSPS) is 26.6. The van der Waals surface area contributed by atoms with Gasteiger partial charge in [-0.25, -0.2) is 0 Å². The molecule has 0 radical (unpaired) electrons. The van der Waals surface area contributed by atoms with E-state index in [1.54, 1.807) is 0 Å². The van der Waals surface area contributed by atoms with E-state index in [0.29, 0.717) is 6.54 Å². The van der Waals surface area contributed by atoms with Gasteiger partial charge in [-0.2, -0.15) is 0 Å². The van der Waals surface area contributed by atoms with Gasteiger partial charge in [-0.05, 0) is 30.9 Å². The molecule has 0 amide bonds. The number of aliphatic hydroxyl groups is 1. The zero-order valence-corrected chi connectivity index (χ0v) is 18.6. The van der Waals surface area contributed by atoms with Crippen LogP contribution in [0.5, 0.6) is 0 Å². The number of nitrogens with zero attached hydrogens (tertiary/aromatic N) is 2. The highest BCUT2D eigenvalue weighted by molar-refractivity contribution is 5.66. The van der Waals surface area contributed by atoms with Gasteiger partial charge >= 0.3 is 5.97 Å². The zero-order valence-electron chi connectivity index (χ0n) is 18.6. The second-order valence-corrected chi connectivity index (χ2v) is 9.11. The van der Waals surface area contributed by atoms with E-state index < -0.39 is 5.60 Å². The molecule has 166 valence electrons. The summed E-state index contributed by atoms with van der Waals surface area (Å²) in [4.78, 5) is 16.1. The van der Waals surface area contributed by atoms with E-state index >= 15 is 0 Å². The average molecular weight is 423 g/mol. The maximum atomic E-state index is 12.0. The van der Waals surface area contributed by atoms with Crippen LogP contribution in [0, 0.1) is 5.92 Å². The third kappa shape index (κ3) is 5.00. The van der Waals surface area contributed by atoms with Crippen molar-refractivity contribution in [2.75, 3.05) is 32.7 Å². The Bertz CT molecular complexity index is 851. The fourth-order valence-electron chi connectivity index (χ4n) is 5.19. The molecule has 5 nitrogen and oxygen atoms in total. The zero-order chi connectivity index (χ0) is 21.8. The molecular formula is C26H34N2O3. The van der Waals surface area contributed by atoms with Gasteiger partial charge in [0.25, 0.3) is 0 Å². The van der Waals surface area contributed by atoms with Crippen molar-refractivity contribution in [1.29, 1.82) is 0 Å². The number of carbonyl (C=O) groups is 1. The third-order valence-electron chi connectivity index (χ3n) is 7.02. The van der Waals surface area contributed by atoms with Crippen LogP contribution in [0.25, 0.3) is 0 Å². The van der Waals surface area contributed by atoms with Crippen LogP contribution in [0.15, 0.2) is 60.7 Å². The molecule has 2 saturated heterocycles. The minimum atomic E-state index is -0.878. The predicted octanol–water partition coefficient (Wildman–Crippen LogP) is 3.59. The fraction of sp³-hybridized carbons (Fsp3) is 0.500. The van der Waals surface area contributed by atoms with Crippen molar-refractivity contribution in [3.63, 3.8) is 0 Å². The minimum Gasteiger partial charge on any atom is -0.462 e. The Morgan fingerprint density at radius 2 is 1.71 bits per heavy atom. The molecule has 2 fully saturated rings. The molecular weight excluding hydrogens is 388 g/mol. The van der Waals surface area contributed by atoms with Gasteiger partial charge in [0.15, 0.2) is 0 Å². The van der Waals surface area contributed by atoms with Gasteiger partial charge in [0.1, 0.15) is 11.7 Å². The number of benzene rings is 2. The Labute approximate surface area is 185 Å². The fourth-order valence-corrected chi connectivity index (χ4v) is 5.19. The number of ether oxygens (including phenoxy) is 1. The first-order valence-corrected chi connectivity index (χ1v) is 11.4. The SMILES string of the molecule is CC(=O)OC1CCN(C[C@H]2CN([C@H](C)c3ccccc3)C[C@]2(O)c2ccccc2)CC1. The lowest BCUT2D eigenvalue weighted by Gasteiger charge is -2.37. The molecule has 3 atom stereocenters. The lowest BCUT2D eigenvalue weighted by Crippen LogP contribution is -2.45. The number of piperidine rings is 1. The molecule has 2 aliphatic heterocycles. The lowest BCUT2D eigenvalue weighted by molar-refractivity contribution is -0.148. The van der Waals surface area contributed by atoms with Gasteiger partial charge in [0.05, 0.1) is 0 Å². The van der Waals surface area contributed by atoms with Gasteiger partial charge in [0.2, 0.25) is 0 Å². The average Bonchev–Trinajstić information content (AvgIpc) is 3.13. The number of hydrogen-bond donors (Lipinski definition) is 1. The molecule has 31 heavy (non-hydrogen) atoms. The van der Waals surface area contributed by atoms with Crippen molar-refractivity contribution in [3.05, 3.63) is 71.8 Å². The number of carbonyl (C=O) groups excluding carboxylic acids is 1. The summed E-state index contributed by atoms with van der Waals surface area (Å²) in [6.45, 7) is 7.82. The summed E-state index contributed by atoms with van der Waals surface area (Å²) >= 11 is 0. The van der Waals surface area contributed by atoms with Gasteiger partial charge in [-0.3, -0.25) is 9.69 Å². The summed E-state index contributed by atoms with van der Waals surface area (Å²) in [5, 5.41) is 12.0. The molecule has 1 N–H and O–H groups in total. The Hall–Kier alpha value is -2.21. The van der Waals surface area contributed by atoms with E-state index in [0.717, 1.165) is 44.6 Å². The quantitative estimate of drug-likeness (QED) is 0.721. The van der Waals surface area contributed by atoms with E-state index in [2.05, 4.69) is 53.1 Å². The maximum absolute atomic E-state index is 12.0. The summed E-state index contributed by atoms with van der Waals surface area (Å²) in [6.07, 6.45) is 1.75. The number of rotatable bonds is 6. The highest BCUT2D eigenvalue weighted by atomic mass is 16.5. The Balaban J connectivity index is 1.49. The van der Waals surface area contributed by atoms with E-state index in [9.17, 15) is 9.90 Å². The van der Waals surface area contributed by atoms with Crippen molar-refractivity contribution < 1.29 is 14.6 Å². The van der Waals surface area contributed by atoms with Crippen LogP contribution < -0.4 is 0 Å². The highest BCUT2D eigenvalue weighted by Gasteiger charge is 2.48. The van der Waals surface area contributed by atoms with Gasteiger partial charge in [0, 0.05) is 51.6 Å². The van der Waals surface area contributed by atoms with Crippen LogP contribution in [-0.2, 0) is 15.1 Å². The lowest BCUT2D eigenvalue weighted by atomic mass is 9.83. The van der Waals surface area contributed by atoms with Crippen LogP contribution in [0.1, 0.15) is 43.9 Å². The standard InChI is InChI=1S/C26H34N2O3/c1-20(22-9-5-3-6-10-22)28-18-24(26(30,19-28)23-11-7-4-8-12-23)17-27-15-13-25(14-16-27)31-21(2)29/h3-12,20,24-25,30H,13-19H2,1-2H3/t20-,24+,26+/m1/s1. The first-order valence-electron chi connectivity index (χ1n) is 11.4. The first-order chi connectivity index (χ1) is 15.0. The molecule has 0 aliphatic carbocycles. The smallest absolute Gasteiger partial charge is 0.302 e. The molecule has 2 aromatic carbocycles. The molecule has 4 rings (SSSR count). The first kappa shape index (κ1) is 22.0. The summed E-state index contributed by atoms with van der Waals surface area (Å²) in [7, 11) is 0. The van der Waals surface area contributed by atoms with Crippen molar-refractivity contribution in [3.8, 4) is 0 Å². The summed E-state index contributed by atoms with van der Waals surface area (Å²) in [5.74, 6) is -0.0791. The van der Waals surface area contributed by atoms with Gasteiger partial charge < -0.3 is 14.7 Å². The summed E-state index contributed by atoms with van der Waals surface area (Å²) in [6, 6.07) is 20.9. The number of hydrogen-bond acceptors (Lipinski definition) is 5. The summed E-state index contributed by atoms with van der Waals surface area (Å²) in [5.41, 5.74) is 1.40. The third-order valence-corrected chi connectivity index (χ3v) is 7.02. The monoisotopic (exact) mass is 422 g/mol. The summed E-state index contributed by atoms with van der Waals surface area (Å²) < 4.78 is 5.39. The van der Waals surface area contributed by atoms with E-state index in [4.69, 9.17) is 4.74 Å².